The molecule has 2 amide bonds. The highest BCUT2D eigenvalue weighted by molar-refractivity contribution is 5.97. The molecular formula is C12H16N4O3. The van der Waals surface area contributed by atoms with Gasteiger partial charge in [0, 0.05) is 26.0 Å². The molecular weight excluding hydrogens is 248 g/mol. The van der Waals surface area contributed by atoms with Gasteiger partial charge in [-0.15, -0.1) is 0 Å². The zero-order valence-electron chi connectivity index (χ0n) is 10.6. The second kappa shape index (κ2) is 8.76. The smallest absolute Gasteiger partial charge is 0.249 e. The number of hydrazone groups is 1. The van der Waals surface area contributed by atoms with Crippen molar-refractivity contribution in [3.63, 3.8) is 0 Å². The number of aromatic nitrogens is 1. The molecule has 0 unspecified atom stereocenters. The lowest BCUT2D eigenvalue weighted by molar-refractivity contribution is -0.129. The molecule has 7 nitrogen and oxygen atoms in total. The van der Waals surface area contributed by atoms with E-state index >= 15 is 0 Å². The number of hydrogen-bond donors (Lipinski definition) is 2. The van der Waals surface area contributed by atoms with Crippen molar-refractivity contribution in [1.82, 2.24) is 15.7 Å². The standard InChI is InChI=1S/C12H16N4O3/c1-19-7-6-14-11(17)8-12(18)16-15-9-10-2-4-13-5-3-10/h2-5,9H,6-8H2,1H3,(H,14,17)(H,16,18)/b15-9-. The Morgan fingerprint density at radius 2 is 2.11 bits per heavy atom. The number of carbonyl (C=O) groups excluding carboxylic acids is 2. The largest absolute Gasteiger partial charge is 0.383 e. The van der Waals surface area contributed by atoms with E-state index in [9.17, 15) is 9.59 Å². The normalized spacial score (nSPS) is 10.4. The van der Waals surface area contributed by atoms with Gasteiger partial charge in [-0.25, -0.2) is 5.43 Å². The minimum atomic E-state index is -0.472. The zero-order chi connectivity index (χ0) is 13.9. The number of nitrogens with one attached hydrogen (secondary N) is 2. The third-order valence-corrected chi connectivity index (χ3v) is 2.06. The van der Waals surface area contributed by atoms with Crippen LogP contribution in [0.1, 0.15) is 12.0 Å². The Balaban J connectivity index is 2.24. The van der Waals surface area contributed by atoms with Gasteiger partial charge in [-0.1, -0.05) is 0 Å². The lowest BCUT2D eigenvalue weighted by atomic mass is 10.3. The molecule has 0 atom stereocenters. The first-order valence-electron chi connectivity index (χ1n) is 5.70. The second-order valence-corrected chi connectivity index (χ2v) is 3.59. The van der Waals surface area contributed by atoms with Crippen LogP contribution in [0.25, 0.3) is 0 Å². The minimum Gasteiger partial charge on any atom is -0.383 e. The van der Waals surface area contributed by atoms with E-state index in [2.05, 4.69) is 20.8 Å². The van der Waals surface area contributed by atoms with Crippen LogP contribution in [0.4, 0.5) is 0 Å². The van der Waals surface area contributed by atoms with Crippen molar-refractivity contribution in [2.45, 2.75) is 6.42 Å². The van der Waals surface area contributed by atoms with E-state index in [-0.39, 0.29) is 12.3 Å². The molecule has 0 radical (unpaired) electrons. The number of nitrogens with zero attached hydrogens (tertiary/aromatic N) is 2. The maximum atomic E-state index is 11.3. The van der Waals surface area contributed by atoms with Gasteiger partial charge < -0.3 is 10.1 Å². The summed E-state index contributed by atoms with van der Waals surface area (Å²) in [7, 11) is 1.53. The molecule has 0 fully saturated rings. The number of pyridine rings is 1. The van der Waals surface area contributed by atoms with Crippen molar-refractivity contribution < 1.29 is 14.3 Å². The Kier molecular flexibility index (Phi) is 6.81. The fourth-order valence-corrected chi connectivity index (χ4v) is 1.17. The molecule has 0 aromatic carbocycles. The highest BCUT2D eigenvalue weighted by atomic mass is 16.5. The van der Waals surface area contributed by atoms with Gasteiger partial charge in [0.15, 0.2) is 0 Å². The number of methoxy groups -OCH3 is 1. The van der Waals surface area contributed by atoms with E-state index in [0.717, 1.165) is 5.56 Å². The fraction of sp³-hybridized carbons (Fsp3) is 0.333. The first-order chi connectivity index (χ1) is 9.22. The van der Waals surface area contributed by atoms with Crippen LogP contribution in [0.15, 0.2) is 29.6 Å². The molecule has 1 rings (SSSR count). The summed E-state index contributed by atoms with van der Waals surface area (Å²) < 4.78 is 4.77. The van der Waals surface area contributed by atoms with E-state index in [0.29, 0.717) is 13.2 Å². The van der Waals surface area contributed by atoms with Gasteiger partial charge in [0.1, 0.15) is 6.42 Å². The highest BCUT2D eigenvalue weighted by Crippen LogP contribution is 1.90. The molecule has 0 spiro atoms. The zero-order valence-corrected chi connectivity index (χ0v) is 10.6. The molecule has 1 heterocycles. The van der Waals surface area contributed by atoms with E-state index in [1.165, 1.54) is 13.3 Å². The lowest BCUT2D eigenvalue weighted by Gasteiger charge is -2.03. The fourth-order valence-electron chi connectivity index (χ4n) is 1.17. The summed E-state index contributed by atoms with van der Waals surface area (Å²) in [6.45, 7) is 0.788. The molecule has 1 aromatic heterocycles. The minimum absolute atomic E-state index is 0.266. The molecule has 2 N–H and O–H groups in total. The van der Waals surface area contributed by atoms with Gasteiger partial charge in [0.2, 0.25) is 11.8 Å². The van der Waals surface area contributed by atoms with Crippen LogP contribution >= 0.6 is 0 Å². The summed E-state index contributed by atoms with van der Waals surface area (Å²) in [5, 5.41) is 6.27. The van der Waals surface area contributed by atoms with Crippen molar-refractivity contribution in [3.05, 3.63) is 30.1 Å². The lowest BCUT2D eigenvalue weighted by Crippen LogP contribution is -2.31. The van der Waals surface area contributed by atoms with Crippen molar-refractivity contribution in [2.75, 3.05) is 20.3 Å². The Morgan fingerprint density at radius 3 is 2.79 bits per heavy atom. The third-order valence-electron chi connectivity index (χ3n) is 2.06. The van der Waals surface area contributed by atoms with Crippen molar-refractivity contribution >= 4 is 18.0 Å². The van der Waals surface area contributed by atoms with Gasteiger partial charge in [0.05, 0.1) is 12.8 Å². The van der Waals surface area contributed by atoms with Crippen molar-refractivity contribution in [2.24, 2.45) is 5.10 Å². The summed E-state index contributed by atoms with van der Waals surface area (Å²) in [6, 6.07) is 3.49. The van der Waals surface area contributed by atoms with Crippen LogP contribution < -0.4 is 10.7 Å². The Bertz CT molecular complexity index is 434. The van der Waals surface area contributed by atoms with Gasteiger partial charge in [-0.05, 0) is 17.7 Å². The molecule has 0 bridgehead atoms. The molecule has 19 heavy (non-hydrogen) atoms. The Morgan fingerprint density at radius 1 is 1.37 bits per heavy atom. The van der Waals surface area contributed by atoms with E-state index in [4.69, 9.17) is 4.74 Å². The van der Waals surface area contributed by atoms with Gasteiger partial charge >= 0.3 is 0 Å². The third kappa shape index (κ3) is 6.89. The first-order valence-corrected chi connectivity index (χ1v) is 5.70. The number of hydrogen-bond acceptors (Lipinski definition) is 5. The molecule has 0 aliphatic rings. The Labute approximate surface area is 111 Å². The number of ether oxygens (including phenoxy) is 1. The second-order valence-electron chi connectivity index (χ2n) is 3.59. The quantitative estimate of drug-likeness (QED) is 0.305. The summed E-state index contributed by atoms with van der Waals surface area (Å²) in [4.78, 5) is 26.5. The summed E-state index contributed by atoms with van der Waals surface area (Å²) in [6.07, 6.45) is 4.44. The molecule has 102 valence electrons. The summed E-state index contributed by atoms with van der Waals surface area (Å²) in [5.41, 5.74) is 3.08. The van der Waals surface area contributed by atoms with Crippen LogP contribution in [0.3, 0.4) is 0 Å². The van der Waals surface area contributed by atoms with Crippen LogP contribution in [-0.2, 0) is 14.3 Å². The van der Waals surface area contributed by atoms with Crippen molar-refractivity contribution in [1.29, 1.82) is 0 Å². The van der Waals surface area contributed by atoms with E-state index in [1.807, 2.05) is 0 Å². The summed E-state index contributed by atoms with van der Waals surface area (Å²) >= 11 is 0. The van der Waals surface area contributed by atoms with Crippen molar-refractivity contribution in [3.8, 4) is 0 Å². The molecule has 0 saturated heterocycles. The van der Waals surface area contributed by atoms with E-state index < -0.39 is 5.91 Å². The van der Waals surface area contributed by atoms with Gasteiger partial charge in [-0.3, -0.25) is 14.6 Å². The predicted octanol–water partition coefficient (Wildman–Crippen LogP) is -0.316. The molecule has 7 heteroatoms. The van der Waals surface area contributed by atoms with Gasteiger partial charge in [0.25, 0.3) is 0 Å². The van der Waals surface area contributed by atoms with Gasteiger partial charge in [-0.2, -0.15) is 5.10 Å². The van der Waals surface area contributed by atoms with E-state index in [1.54, 1.807) is 24.5 Å². The maximum Gasteiger partial charge on any atom is 0.249 e. The van der Waals surface area contributed by atoms with Crippen LogP contribution in [-0.4, -0.2) is 43.3 Å². The van der Waals surface area contributed by atoms with Crippen LogP contribution in [0, 0.1) is 0 Å². The van der Waals surface area contributed by atoms with Crippen LogP contribution in [0.2, 0.25) is 0 Å². The highest BCUT2D eigenvalue weighted by Gasteiger charge is 2.07. The maximum absolute atomic E-state index is 11.3. The number of rotatable bonds is 7. The monoisotopic (exact) mass is 264 g/mol. The number of amides is 2. The average Bonchev–Trinajstić information content (AvgIpc) is 2.40. The van der Waals surface area contributed by atoms with Crippen LogP contribution in [0.5, 0.6) is 0 Å². The average molecular weight is 264 g/mol. The molecule has 1 aromatic rings. The topological polar surface area (TPSA) is 92.7 Å². The SMILES string of the molecule is COCCNC(=O)CC(=O)N/N=C\c1ccncc1. The molecule has 0 aliphatic heterocycles. The number of carbonyl (C=O) groups is 2. The summed E-state index contributed by atoms with van der Waals surface area (Å²) in [5.74, 6) is -0.839. The Hall–Kier alpha value is -2.28. The molecule has 0 saturated carbocycles. The predicted molar refractivity (Wildman–Crippen MR) is 69.5 cm³/mol. The molecule has 0 aliphatic carbocycles. The first kappa shape index (κ1) is 14.8.